The molecule has 1 aliphatic carbocycles. The third-order valence-electron chi connectivity index (χ3n) is 3.12. The fourth-order valence-corrected chi connectivity index (χ4v) is 2.94. The van der Waals surface area contributed by atoms with Gasteiger partial charge in [0.15, 0.2) is 5.43 Å². The van der Waals surface area contributed by atoms with E-state index in [1.807, 2.05) is 11.8 Å². The van der Waals surface area contributed by atoms with Crippen molar-refractivity contribution in [3.8, 4) is 0 Å². The number of hydrogen-bond donors (Lipinski definition) is 2. The summed E-state index contributed by atoms with van der Waals surface area (Å²) < 4.78 is 0. The zero-order valence-corrected chi connectivity index (χ0v) is 10.5. The second-order valence-corrected chi connectivity index (χ2v) is 5.40. The van der Waals surface area contributed by atoms with Gasteiger partial charge in [0, 0.05) is 29.8 Å². The molecule has 1 aliphatic rings. The Bertz CT molecular complexity index is 458. The standard InChI is InChI=1S/C12H16N2O2S/c1-17-9-3-2-8(6-9)14-12(16)10-7-13-5-4-11(10)15/h4-5,7-9H,2-3,6H2,1H3,(H,13,15)(H,14,16). The minimum absolute atomic E-state index is 0.195. The minimum Gasteiger partial charge on any atom is -0.367 e. The van der Waals surface area contributed by atoms with Gasteiger partial charge in [-0.05, 0) is 25.5 Å². The molecule has 1 aromatic rings. The Kier molecular flexibility index (Phi) is 3.89. The Morgan fingerprint density at radius 3 is 3.00 bits per heavy atom. The number of nitrogens with one attached hydrogen (secondary N) is 2. The highest BCUT2D eigenvalue weighted by molar-refractivity contribution is 7.99. The number of rotatable bonds is 3. The molecule has 5 heteroatoms. The molecule has 1 amide bonds. The summed E-state index contributed by atoms with van der Waals surface area (Å²) in [6, 6.07) is 1.58. The van der Waals surface area contributed by atoms with E-state index in [2.05, 4.69) is 16.6 Å². The van der Waals surface area contributed by atoms with E-state index in [1.165, 1.54) is 18.5 Å². The highest BCUT2D eigenvalue weighted by atomic mass is 32.2. The van der Waals surface area contributed by atoms with Gasteiger partial charge in [0.1, 0.15) is 5.56 Å². The van der Waals surface area contributed by atoms with Crippen molar-refractivity contribution in [3.63, 3.8) is 0 Å². The third kappa shape index (κ3) is 2.91. The summed E-state index contributed by atoms with van der Waals surface area (Å²) in [5.74, 6) is -0.265. The van der Waals surface area contributed by atoms with Crippen LogP contribution in [0.15, 0.2) is 23.3 Å². The molecule has 0 aliphatic heterocycles. The van der Waals surface area contributed by atoms with Crippen molar-refractivity contribution < 1.29 is 4.79 Å². The predicted octanol–water partition coefficient (Wildman–Crippen LogP) is 1.39. The SMILES string of the molecule is CSC1CCC(NC(=O)c2c[nH]ccc2=O)C1. The van der Waals surface area contributed by atoms with Gasteiger partial charge in [-0.2, -0.15) is 11.8 Å². The monoisotopic (exact) mass is 252 g/mol. The van der Waals surface area contributed by atoms with Crippen LogP contribution in [0.1, 0.15) is 29.6 Å². The maximum Gasteiger partial charge on any atom is 0.256 e. The number of H-pyrrole nitrogens is 1. The van der Waals surface area contributed by atoms with Crippen molar-refractivity contribution in [2.24, 2.45) is 0 Å². The van der Waals surface area contributed by atoms with Gasteiger partial charge in [0.25, 0.3) is 5.91 Å². The lowest BCUT2D eigenvalue weighted by Crippen LogP contribution is -2.35. The van der Waals surface area contributed by atoms with Crippen LogP contribution in [0.5, 0.6) is 0 Å². The number of thioether (sulfide) groups is 1. The molecule has 2 atom stereocenters. The molecule has 4 nitrogen and oxygen atoms in total. The Morgan fingerprint density at radius 2 is 2.35 bits per heavy atom. The molecule has 0 saturated heterocycles. The van der Waals surface area contributed by atoms with Gasteiger partial charge < -0.3 is 10.3 Å². The number of aromatic nitrogens is 1. The molecular formula is C12H16N2O2S. The smallest absolute Gasteiger partial charge is 0.256 e. The summed E-state index contributed by atoms with van der Waals surface area (Å²) in [5, 5.41) is 3.56. The summed E-state index contributed by atoms with van der Waals surface area (Å²) in [5.41, 5.74) is -0.0410. The van der Waals surface area contributed by atoms with Crippen molar-refractivity contribution in [3.05, 3.63) is 34.2 Å². The van der Waals surface area contributed by atoms with Gasteiger partial charge in [-0.3, -0.25) is 9.59 Å². The van der Waals surface area contributed by atoms with Crippen LogP contribution >= 0.6 is 11.8 Å². The first-order valence-corrected chi connectivity index (χ1v) is 7.00. The number of amides is 1. The second kappa shape index (κ2) is 5.40. The number of hydrogen-bond acceptors (Lipinski definition) is 3. The third-order valence-corrected chi connectivity index (χ3v) is 4.22. The van der Waals surface area contributed by atoms with Crippen molar-refractivity contribution in [2.75, 3.05) is 6.26 Å². The average molecular weight is 252 g/mol. The Balaban J connectivity index is 1.99. The molecule has 1 saturated carbocycles. The Morgan fingerprint density at radius 1 is 1.53 bits per heavy atom. The molecule has 0 aromatic carbocycles. The highest BCUT2D eigenvalue weighted by Gasteiger charge is 2.25. The summed E-state index contributed by atoms with van der Waals surface area (Å²) >= 11 is 1.84. The predicted molar refractivity (Wildman–Crippen MR) is 69.5 cm³/mol. The van der Waals surface area contributed by atoms with Crippen LogP contribution in [0.25, 0.3) is 0 Å². The lowest BCUT2D eigenvalue weighted by Gasteiger charge is -2.12. The van der Waals surface area contributed by atoms with Gasteiger partial charge in [0.05, 0.1) is 0 Å². The van der Waals surface area contributed by atoms with Crippen LogP contribution in [-0.2, 0) is 0 Å². The Labute approximate surface area is 104 Å². The fourth-order valence-electron chi connectivity index (χ4n) is 2.14. The lowest BCUT2D eigenvalue weighted by molar-refractivity contribution is 0.0936. The lowest BCUT2D eigenvalue weighted by atomic mass is 10.2. The first-order valence-electron chi connectivity index (χ1n) is 5.71. The quantitative estimate of drug-likeness (QED) is 0.854. The van der Waals surface area contributed by atoms with E-state index in [0.717, 1.165) is 19.3 Å². The molecule has 0 radical (unpaired) electrons. The number of pyridine rings is 1. The number of carbonyl (C=O) groups is 1. The summed E-state index contributed by atoms with van der Waals surface area (Å²) in [6.45, 7) is 0. The minimum atomic E-state index is -0.265. The average Bonchev–Trinajstić information content (AvgIpc) is 2.77. The molecule has 0 spiro atoms. The van der Waals surface area contributed by atoms with E-state index in [4.69, 9.17) is 0 Å². The first-order chi connectivity index (χ1) is 8.20. The van der Waals surface area contributed by atoms with E-state index in [-0.39, 0.29) is 22.9 Å². The van der Waals surface area contributed by atoms with E-state index in [1.54, 1.807) is 0 Å². The van der Waals surface area contributed by atoms with Gasteiger partial charge in [-0.1, -0.05) is 0 Å². The molecular weight excluding hydrogens is 236 g/mol. The van der Waals surface area contributed by atoms with Crippen LogP contribution in [0.2, 0.25) is 0 Å². The zero-order chi connectivity index (χ0) is 12.3. The molecule has 2 rings (SSSR count). The van der Waals surface area contributed by atoms with Crippen molar-refractivity contribution in [1.29, 1.82) is 0 Å². The van der Waals surface area contributed by atoms with Gasteiger partial charge >= 0.3 is 0 Å². The molecule has 0 bridgehead atoms. The van der Waals surface area contributed by atoms with Gasteiger partial charge in [0.2, 0.25) is 0 Å². The first kappa shape index (κ1) is 12.2. The maximum absolute atomic E-state index is 11.9. The number of carbonyl (C=O) groups excluding carboxylic acids is 1. The Hall–Kier alpha value is -1.23. The molecule has 1 aromatic heterocycles. The van der Waals surface area contributed by atoms with Crippen molar-refractivity contribution in [2.45, 2.75) is 30.6 Å². The number of aromatic amines is 1. The largest absolute Gasteiger partial charge is 0.367 e. The van der Waals surface area contributed by atoms with E-state index in [9.17, 15) is 9.59 Å². The van der Waals surface area contributed by atoms with Crippen LogP contribution in [0.3, 0.4) is 0 Å². The molecule has 1 heterocycles. The van der Waals surface area contributed by atoms with Crippen LogP contribution in [0.4, 0.5) is 0 Å². The topological polar surface area (TPSA) is 62.0 Å². The highest BCUT2D eigenvalue weighted by Crippen LogP contribution is 2.28. The molecule has 2 unspecified atom stereocenters. The second-order valence-electron chi connectivity index (χ2n) is 4.26. The van der Waals surface area contributed by atoms with Crippen LogP contribution in [-0.4, -0.2) is 28.4 Å². The summed E-state index contributed by atoms with van der Waals surface area (Å²) in [4.78, 5) is 26.1. The normalized spacial score (nSPS) is 23.6. The summed E-state index contributed by atoms with van der Waals surface area (Å²) in [7, 11) is 0. The van der Waals surface area contributed by atoms with Gasteiger partial charge in [-0.25, -0.2) is 0 Å². The van der Waals surface area contributed by atoms with Crippen LogP contribution < -0.4 is 10.7 Å². The zero-order valence-electron chi connectivity index (χ0n) is 9.73. The van der Waals surface area contributed by atoms with Crippen molar-refractivity contribution in [1.82, 2.24) is 10.3 Å². The van der Waals surface area contributed by atoms with E-state index < -0.39 is 0 Å². The maximum atomic E-state index is 11.9. The molecule has 2 N–H and O–H groups in total. The molecule has 1 fully saturated rings. The van der Waals surface area contributed by atoms with Gasteiger partial charge in [-0.15, -0.1) is 0 Å². The van der Waals surface area contributed by atoms with Crippen LogP contribution in [0, 0.1) is 0 Å². The van der Waals surface area contributed by atoms with Crippen molar-refractivity contribution >= 4 is 17.7 Å². The summed E-state index contributed by atoms with van der Waals surface area (Å²) in [6.07, 6.45) is 8.21. The fraction of sp³-hybridized carbons (Fsp3) is 0.500. The molecule has 17 heavy (non-hydrogen) atoms. The van der Waals surface area contributed by atoms with E-state index in [0.29, 0.717) is 5.25 Å². The molecule has 92 valence electrons. The van der Waals surface area contributed by atoms with E-state index >= 15 is 0 Å².